The van der Waals surface area contributed by atoms with Crippen LogP contribution in [-0.2, 0) is 66.4 Å². The van der Waals surface area contributed by atoms with Gasteiger partial charge < -0.3 is 72.6 Å². The van der Waals surface area contributed by atoms with E-state index in [1.807, 2.05) is 18.2 Å². The number of nitrogens with two attached hydrogens (primary N) is 1. The summed E-state index contributed by atoms with van der Waals surface area (Å²) in [5.74, 6) is -1.52. The highest BCUT2D eigenvalue weighted by atomic mass is 16.6. The van der Waals surface area contributed by atoms with Crippen LogP contribution in [0, 0.1) is 0 Å². The van der Waals surface area contributed by atoms with Crippen LogP contribution in [-0.4, -0.2) is 206 Å². The van der Waals surface area contributed by atoms with Crippen LogP contribution in [0.5, 0.6) is 5.75 Å². The van der Waals surface area contributed by atoms with Crippen molar-refractivity contribution < 1.29 is 80.8 Å². The number of nitrogens with one attached hydrogen (secondary N) is 2. The summed E-state index contributed by atoms with van der Waals surface area (Å²) in [6, 6.07) is 11.2. The average molecular weight is 937 g/mol. The number of amides is 4. The third-order valence-corrected chi connectivity index (χ3v) is 9.53. The molecule has 21 heteroatoms. The molecule has 1 fully saturated rings. The number of carbonyl (C=O) groups excluding carboxylic acids is 4. The fourth-order valence-electron chi connectivity index (χ4n) is 6.26. The average Bonchev–Trinajstić information content (AvgIpc) is 3.57. The van der Waals surface area contributed by atoms with E-state index in [-0.39, 0.29) is 24.0 Å². The van der Waals surface area contributed by atoms with E-state index in [0.717, 1.165) is 4.90 Å². The molecule has 0 spiro atoms. The zero-order valence-electron chi connectivity index (χ0n) is 37.9. The highest BCUT2D eigenvalue weighted by Gasteiger charge is 2.45. The minimum atomic E-state index is -1.02. The maximum Gasteiger partial charge on any atom is 0.264 e. The van der Waals surface area contributed by atoms with Gasteiger partial charge in [0.2, 0.25) is 11.8 Å². The molecule has 2 heterocycles. The number of hydrogen-bond donors (Lipinski definition) is 3. The SMILES string of the molecule is Nc1ccccc1OCCOCCOCCOCCOCCOCCOCCOCCOCCOCCOCCOCCOCCNc1cccc2c1C(=O)N(C1CCC(=O)NC1=O)C2=O. The Morgan fingerprint density at radius 3 is 1.33 bits per heavy atom. The van der Waals surface area contributed by atoms with Crippen molar-refractivity contribution in [2.24, 2.45) is 0 Å². The van der Waals surface area contributed by atoms with E-state index in [1.54, 1.807) is 24.3 Å². The lowest BCUT2D eigenvalue weighted by Gasteiger charge is -2.27. The van der Waals surface area contributed by atoms with Crippen molar-refractivity contribution >= 4 is 35.0 Å². The Kier molecular flexibility index (Phi) is 28.7. The lowest BCUT2D eigenvalue weighted by Crippen LogP contribution is -2.54. The summed E-state index contributed by atoms with van der Waals surface area (Å²) in [7, 11) is 0. The van der Waals surface area contributed by atoms with Gasteiger partial charge in [-0.15, -0.1) is 0 Å². The lowest BCUT2D eigenvalue weighted by molar-refractivity contribution is -0.136. The summed E-state index contributed by atoms with van der Waals surface area (Å²) in [5.41, 5.74) is 7.33. The molecule has 0 aliphatic carbocycles. The Morgan fingerprint density at radius 1 is 0.500 bits per heavy atom. The number of rotatable bonds is 42. The summed E-state index contributed by atoms with van der Waals surface area (Å²) in [4.78, 5) is 50.9. The number of nitrogens with zero attached hydrogens (tertiary/aromatic N) is 1. The minimum Gasteiger partial charge on any atom is -0.489 e. The molecule has 0 saturated carbocycles. The van der Waals surface area contributed by atoms with Gasteiger partial charge in [-0.2, -0.15) is 0 Å². The number of piperidine rings is 1. The topological polar surface area (TPSA) is 242 Å². The molecule has 2 aliphatic rings. The Balaban J connectivity index is 0.785. The van der Waals surface area contributed by atoms with Crippen molar-refractivity contribution in [2.75, 3.05) is 183 Å². The quantitative estimate of drug-likeness (QED) is 0.0484. The van der Waals surface area contributed by atoms with E-state index in [1.165, 1.54) is 0 Å². The number of nitrogen functional groups attached to an aromatic ring is 1. The van der Waals surface area contributed by atoms with Crippen molar-refractivity contribution in [3.8, 4) is 5.75 Å². The van der Waals surface area contributed by atoms with E-state index in [2.05, 4.69) is 10.6 Å². The number of para-hydroxylation sites is 2. The monoisotopic (exact) mass is 936 g/mol. The zero-order valence-corrected chi connectivity index (χ0v) is 37.9. The lowest BCUT2D eigenvalue weighted by atomic mass is 10.0. The molecule has 4 amide bonds. The third-order valence-electron chi connectivity index (χ3n) is 9.53. The number of ether oxygens (including phenoxy) is 13. The first-order chi connectivity index (χ1) is 32.5. The highest BCUT2D eigenvalue weighted by Crippen LogP contribution is 2.32. The van der Waals surface area contributed by atoms with Crippen LogP contribution in [0.2, 0.25) is 0 Å². The molecule has 2 aliphatic heterocycles. The predicted octanol–water partition coefficient (Wildman–Crippen LogP) is 1.36. The molecule has 0 radical (unpaired) electrons. The second-order valence-electron chi connectivity index (χ2n) is 14.3. The van der Waals surface area contributed by atoms with Gasteiger partial charge in [0.25, 0.3) is 11.8 Å². The Labute approximate surface area is 386 Å². The van der Waals surface area contributed by atoms with Gasteiger partial charge in [-0.05, 0) is 30.7 Å². The molecular weight excluding hydrogens is 869 g/mol. The van der Waals surface area contributed by atoms with Crippen molar-refractivity contribution in [3.05, 3.63) is 53.6 Å². The molecule has 2 aromatic rings. The van der Waals surface area contributed by atoms with Crippen LogP contribution in [0.15, 0.2) is 42.5 Å². The van der Waals surface area contributed by atoms with Crippen molar-refractivity contribution in [3.63, 3.8) is 0 Å². The summed E-state index contributed by atoms with van der Waals surface area (Å²) in [5, 5.41) is 5.33. The van der Waals surface area contributed by atoms with Gasteiger partial charge >= 0.3 is 0 Å². The second kappa shape index (κ2) is 34.9. The van der Waals surface area contributed by atoms with Gasteiger partial charge in [0.05, 0.1) is 175 Å². The van der Waals surface area contributed by atoms with Crippen LogP contribution >= 0.6 is 0 Å². The number of imide groups is 2. The van der Waals surface area contributed by atoms with Crippen LogP contribution in [0.4, 0.5) is 11.4 Å². The number of benzene rings is 2. The second-order valence-corrected chi connectivity index (χ2v) is 14.3. The first kappa shape index (κ1) is 54.2. The Morgan fingerprint density at radius 2 is 0.909 bits per heavy atom. The molecule has 0 aromatic heterocycles. The molecule has 1 saturated heterocycles. The normalized spacial score (nSPS) is 14.8. The van der Waals surface area contributed by atoms with Crippen LogP contribution < -0.4 is 21.1 Å². The van der Waals surface area contributed by atoms with Gasteiger partial charge in [-0.25, -0.2) is 0 Å². The molecule has 370 valence electrons. The van der Waals surface area contributed by atoms with Crippen molar-refractivity contribution in [1.82, 2.24) is 10.2 Å². The minimum absolute atomic E-state index is 0.0621. The van der Waals surface area contributed by atoms with Crippen molar-refractivity contribution in [2.45, 2.75) is 18.9 Å². The zero-order chi connectivity index (χ0) is 46.7. The van der Waals surface area contributed by atoms with Crippen LogP contribution in [0.1, 0.15) is 33.6 Å². The Hall–Kier alpha value is -4.36. The number of hydrogen-bond acceptors (Lipinski definition) is 19. The van der Waals surface area contributed by atoms with Gasteiger partial charge in [-0.3, -0.25) is 29.4 Å². The maximum absolute atomic E-state index is 13.2. The van der Waals surface area contributed by atoms with E-state index in [0.29, 0.717) is 189 Å². The van der Waals surface area contributed by atoms with Gasteiger partial charge in [-0.1, -0.05) is 18.2 Å². The van der Waals surface area contributed by atoms with Gasteiger partial charge in [0.1, 0.15) is 18.4 Å². The number of carbonyl (C=O) groups is 4. The number of fused-ring (bicyclic) bond motifs is 1. The van der Waals surface area contributed by atoms with Crippen molar-refractivity contribution in [1.29, 1.82) is 0 Å². The van der Waals surface area contributed by atoms with E-state index in [4.69, 9.17) is 67.3 Å². The molecular formula is C45H68N4O17. The number of anilines is 2. The fourth-order valence-corrected chi connectivity index (χ4v) is 6.26. The molecule has 2 aromatic carbocycles. The molecule has 1 unspecified atom stereocenters. The molecule has 66 heavy (non-hydrogen) atoms. The molecule has 21 nitrogen and oxygen atoms in total. The predicted molar refractivity (Wildman–Crippen MR) is 238 cm³/mol. The Bertz CT molecular complexity index is 1670. The molecule has 4 N–H and O–H groups in total. The first-order valence-electron chi connectivity index (χ1n) is 22.5. The highest BCUT2D eigenvalue weighted by molar-refractivity contribution is 6.25. The summed E-state index contributed by atoms with van der Waals surface area (Å²) in [6.45, 7) is 11.6. The van der Waals surface area contributed by atoms with Gasteiger partial charge in [0, 0.05) is 18.7 Å². The van der Waals surface area contributed by atoms with E-state index >= 15 is 0 Å². The fraction of sp³-hybridized carbons (Fsp3) is 0.644. The smallest absolute Gasteiger partial charge is 0.264 e. The van der Waals surface area contributed by atoms with E-state index < -0.39 is 29.7 Å². The van der Waals surface area contributed by atoms with Gasteiger partial charge in [0.15, 0.2) is 0 Å². The standard InChI is InChI=1S/C45H68N4O17/c46-37-5-1-2-7-40(37)66-35-34-65-33-32-64-31-30-63-29-28-62-27-26-61-25-24-60-23-22-59-21-20-58-19-18-57-17-16-56-15-14-55-13-12-54-11-10-47-38-6-3-4-36-42(38)45(53)49(44(36)52)39-8-9-41(50)48-43(39)51/h1-7,39,47H,8-35,46H2,(H,48,50,51). The summed E-state index contributed by atoms with van der Waals surface area (Å²) >= 11 is 0. The summed E-state index contributed by atoms with van der Waals surface area (Å²) in [6.07, 6.45) is 0.162. The van der Waals surface area contributed by atoms with Crippen LogP contribution in [0.25, 0.3) is 0 Å². The molecule has 1 atom stereocenters. The van der Waals surface area contributed by atoms with E-state index in [9.17, 15) is 19.2 Å². The summed E-state index contributed by atoms with van der Waals surface area (Å²) < 4.78 is 71.7. The van der Waals surface area contributed by atoms with Crippen LogP contribution in [0.3, 0.4) is 0 Å². The molecule has 4 rings (SSSR count). The third kappa shape index (κ3) is 22.0. The molecule has 0 bridgehead atoms. The first-order valence-corrected chi connectivity index (χ1v) is 22.5. The maximum atomic E-state index is 13.2. The largest absolute Gasteiger partial charge is 0.489 e.